The predicted molar refractivity (Wildman–Crippen MR) is 117 cm³/mol. The summed E-state index contributed by atoms with van der Waals surface area (Å²) >= 11 is 1.64. The molecular weight excluding hydrogens is 354 g/mol. The van der Waals surface area contributed by atoms with Crippen LogP contribution in [0, 0.1) is 0 Å². The number of hydrogen-bond donors (Lipinski definition) is 2. The van der Waals surface area contributed by atoms with Crippen LogP contribution in [0.15, 0.2) is 52.8 Å². The Kier molecular flexibility index (Phi) is 6.29. The van der Waals surface area contributed by atoms with E-state index >= 15 is 0 Å². The van der Waals surface area contributed by atoms with Crippen molar-refractivity contribution < 1.29 is 0 Å². The topological polar surface area (TPSA) is 52.6 Å². The third-order valence-electron chi connectivity index (χ3n) is 4.29. The lowest BCUT2D eigenvalue weighted by molar-refractivity contribution is 0.686. The van der Waals surface area contributed by atoms with Gasteiger partial charge in [0.2, 0.25) is 0 Å². The van der Waals surface area contributed by atoms with E-state index in [4.69, 9.17) is 4.99 Å². The Bertz CT molecular complexity index is 916. The van der Waals surface area contributed by atoms with Gasteiger partial charge in [-0.2, -0.15) is 0 Å². The highest BCUT2D eigenvalue weighted by atomic mass is 32.1. The number of benzene rings is 2. The second-order valence-electron chi connectivity index (χ2n) is 6.68. The fraction of sp³-hybridized carbons (Fsp3) is 0.333. The van der Waals surface area contributed by atoms with Gasteiger partial charge in [0.15, 0.2) is 11.1 Å². The molecule has 2 aromatic carbocycles. The first kappa shape index (κ1) is 19.2. The molecule has 1 heterocycles. The molecule has 0 radical (unpaired) electrons. The molecule has 0 saturated carbocycles. The maximum Gasteiger partial charge on any atom is 0.192 e. The second-order valence-corrected chi connectivity index (χ2v) is 7.52. The lowest BCUT2D eigenvalue weighted by atomic mass is 10.0. The van der Waals surface area contributed by atoms with E-state index in [0.717, 1.165) is 23.3 Å². The molecule has 0 fully saturated rings. The van der Waals surface area contributed by atoms with Crippen LogP contribution in [-0.4, -0.2) is 31.6 Å². The molecule has 0 aliphatic carbocycles. The molecule has 0 amide bonds. The van der Waals surface area contributed by atoms with Gasteiger partial charge in [0, 0.05) is 26.0 Å². The number of guanidine groups is 1. The molecule has 27 heavy (non-hydrogen) atoms. The molecule has 142 valence electrons. The van der Waals surface area contributed by atoms with Crippen molar-refractivity contribution in [3.8, 4) is 0 Å². The second kappa shape index (κ2) is 8.86. The molecule has 0 aliphatic heterocycles. The van der Waals surface area contributed by atoms with Crippen LogP contribution < -0.4 is 15.5 Å². The molecule has 0 aliphatic rings. The number of aromatic nitrogens is 1. The summed E-state index contributed by atoms with van der Waals surface area (Å²) in [5.74, 6) is 0.803. The summed E-state index contributed by atoms with van der Waals surface area (Å²) in [6.45, 7) is 5.61. The zero-order valence-electron chi connectivity index (χ0n) is 16.4. The predicted octanol–water partition coefficient (Wildman–Crippen LogP) is 4.18. The molecule has 1 unspecified atom stereocenters. The minimum absolute atomic E-state index is 0.153. The molecule has 1 aromatic heterocycles. The van der Waals surface area contributed by atoms with E-state index in [1.54, 1.807) is 11.3 Å². The van der Waals surface area contributed by atoms with E-state index in [1.807, 2.05) is 19.0 Å². The molecule has 0 spiro atoms. The van der Waals surface area contributed by atoms with E-state index in [-0.39, 0.29) is 6.04 Å². The van der Waals surface area contributed by atoms with Crippen molar-refractivity contribution in [2.24, 2.45) is 4.99 Å². The summed E-state index contributed by atoms with van der Waals surface area (Å²) in [4.78, 5) is 11.3. The average molecular weight is 382 g/mol. The van der Waals surface area contributed by atoms with Crippen molar-refractivity contribution in [3.05, 3.63) is 59.1 Å². The van der Waals surface area contributed by atoms with Crippen molar-refractivity contribution in [2.75, 3.05) is 25.5 Å². The summed E-state index contributed by atoms with van der Waals surface area (Å²) < 4.78 is 0. The average Bonchev–Trinajstić information content (AvgIpc) is 3.15. The molecule has 2 N–H and O–H groups in total. The number of thiazole rings is 1. The van der Waals surface area contributed by atoms with Crippen molar-refractivity contribution >= 4 is 33.2 Å². The highest BCUT2D eigenvalue weighted by Crippen LogP contribution is 2.21. The van der Waals surface area contributed by atoms with Crippen LogP contribution in [-0.2, 0) is 6.54 Å². The number of nitrogens with zero attached hydrogens (tertiary/aromatic N) is 3. The number of nitrogens with one attached hydrogen (secondary N) is 2. The Morgan fingerprint density at radius 2 is 1.96 bits per heavy atom. The van der Waals surface area contributed by atoms with Crippen LogP contribution >= 0.6 is 11.3 Å². The Labute approximate surface area is 165 Å². The van der Waals surface area contributed by atoms with Crippen LogP contribution in [0.5, 0.6) is 0 Å². The van der Waals surface area contributed by atoms with E-state index in [0.29, 0.717) is 6.54 Å². The molecule has 3 rings (SSSR count). The van der Waals surface area contributed by atoms with Crippen LogP contribution in [0.1, 0.15) is 31.1 Å². The first-order valence-corrected chi connectivity index (χ1v) is 10.1. The minimum Gasteiger partial charge on any atom is -0.357 e. The fourth-order valence-electron chi connectivity index (χ4n) is 2.82. The summed E-state index contributed by atoms with van der Waals surface area (Å²) in [6, 6.07) is 15.2. The van der Waals surface area contributed by atoms with Gasteiger partial charge in [-0.1, -0.05) is 36.4 Å². The monoisotopic (exact) mass is 381 g/mol. The summed E-state index contributed by atoms with van der Waals surface area (Å²) in [6.07, 6.45) is 0. The molecule has 0 bridgehead atoms. The lowest BCUT2D eigenvalue weighted by Gasteiger charge is -2.18. The van der Waals surface area contributed by atoms with Crippen molar-refractivity contribution in [2.45, 2.75) is 26.4 Å². The van der Waals surface area contributed by atoms with Crippen molar-refractivity contribution in [1.29, 1.82) is 0 Å². The van der Waals surface area contributed by atoms with Crippen LogP contribution in [0.4, 0.5) is 5.13 Å². The highest BCUT2D eigenvalue weighted by Gasteiger charge is 2.09. The SMILES string of the molecule is CCNC(=NCc1csc(N(C)C)n1)NC(C)c1ccc2ccccc2c1. The first-order chi connectivity index (χ1) is 13.1. The third-order valence-corrected chi connectivity index (χ3v) is 5.35. The summed E-state index contributed by atoms with van der Waals surface area (Å²) in [5.41, 5.74) is 2.22. The van der Waals surface area contributed by atoms with Crippen LogP contribution in [0.3, 0.4) is 0 Å². The molecular formula is C21H27N5S. The van der Waals surface area contributed by atoms with Crippen LogP contribution in [0.25, 0.3) is 10.8 Å². The zero-order chi connectivity index (χ0) is 19.2. The molecule has 0 saturated heterocycles. The largest absolute Gasteiger partial charge is 0.357 e. The minimum atomic E-state index is 0.153. The van der Waals surface area contributed by atoms with Gasteiger partial charge >= 0.3 is 0 Å². The van der Waals surface area contributed by atoms with Gasteiger partial charge in [-0.3, -0.25) is 0 Å². The lowest BCUT2D eigenvalue weighted by Crippen LogP contribution is -2.38. The Balaban J connectivity index is 1.71. The number of rotatable bonds is 6. The summed E-state index contributed by atoms with van der Waals surface area (Å²) in [7, 11) is 4.01. The Morgan fingerprint density at radius 1 is 1.19 bits per heavy atom. The molecule has 1 atom stereocenters. The first-order valence-electron chi connectivity index (χ1n) is 9.22. The maximum atomic E-state index is 4.70. The van der Waals surface area contributed by atoms with Gasteiger partial charge in [-0.15, -0.1) is 11.3 Å². The van der Waals surface area contributed by atoms with E-state index in [2.05, 4.69) is 77.3 Å². The fourth-order valence-corrected chi connectivity index (χ4v) is 3.57. The van der Waals surface area contributed by atoms with Crippen molar-refractivity contribution in [1.82, 2.24) is 15.6 Å². The summed E-state index contributed by atoms with van der Waals surface area (Å²) in [5, 5.41) is 12.4. The normalized spacial score (nSPS) is 12.8. The van der Waals surface area contributed by atoms with Gasteiger partial charge < -0.3 is 15.5 Å². The number of aliphatic imine (C=N–C) groups is 1. The maximum absolute atomic E-state index is 4.70. The smallest absolute Gasteiger partial charge is 0.192 e. The zero-order valence-corrected chi connectivity index (χ0v) is 17.2. The molecule has 3 aromatic rings. The van der Waals surface area contributed by atoms with Crippen LogP contribution in [0.2, 0.25) is 0 Å². The quantitative estimate of drug-likeness (QED) is 0.497. The standard InChI is InChI=1S/C21H27N5S/c1-5-22-20(23-13-19-14-27-21(25-19)26(3)4)24-15(2)17-11-10-16-8-6-7-9-18(16)12-17/h6-12,14-15H,5,13H2,1-4H3,(H2,22,23,24). The number of fused-ring (bicyclic) bond motifs is 1. The molecule has 6 heteroatoms. The van der Waals surface area contributed by atoms with Gasteiger partial charge in [-0.25, -0.2) is 9.98 Å². The van der Waals surface area contributed by atoms with E-state index < -0.39 is 0 Å². The Morgan fingerprint density at radius 3 is 2.67 bits per heavy atom. The van der Waals surface area contributed by atoms with E-state index in [9.17, 15) is 0 Å². The van der Waals surface area contributed by atoms with Gasteiger partial charge in [0.05, 0.1) is 18.3 Å². The Hall–Kier alpha value is -2.60. The van der Waals surface area contributed by atoms with E-state index in [1.165, 1.54) is 16.3 Å². The third kappa shape index (κ3) is 4.98. The van der Waals surface area contributed by atoms with Gasteiger partial charge in [0.25, 0.3) is 0 Å². The van der Waals surface area contributed by atoms with Crippen molar-refractivity contribution in [3.63, 3.8) is 0 Å². The number of anilines is 1. The highest BCUT2D eigenvalue weighted by molar-refractivity contribution is 7.13. The number of hydrogen-bond acceptors (Lipinski definition) is 4. The molecule has 5 nitrogen and oxygen atoms in total. The van der Waals surface area contributed by atoms with Gasteiger partial charge in [-0.05, 0) is 36.2 Å². The van der Waals surface area contributed by atoms with Gasteiger partial charge in [0.1, 0.15) is 0 Å².